The van der Waals surface area contributed by atoms with Gasteiger partial charge in [0.1, 0.15) is 0 Å². The van der Waals surface area contributed by atoms with Crippen molar-refractivity contribution in [2.24, 2.45) is 0 Å². The van der Waals surface area contributed by atoms with Crippen molar-refractivity contribution in [1.82, 2.24) is 25.5 Å². The van der Waals surface area contributed by atoms with Gasteiger partial charge in [0.2, 0.25) is 5.91 Å². The molecule has 0 unspecified atom stereocenters. The first kappa shape index (κ1) is 19.5. The summed E-state index contributed by atoms with van der Waals surface area (Å²) in [5, 5.41) is 14.9. The van der Waals surface area contributed by atoms with E-state index in [9.17, 15) is 4.79 Å². The van der Waals surface area contributed by atoms with Crippen molar-refractivity contribution in [3.05, 3.63) is 107 Å². The van der Waals surface area contributed by atoms with E-state index in [-0.39, 0.29) is 18.4 Å². The van der Waals surface area contributed by atoms with Gasteiger partial charge < -0.3 is 5.32 Å². The summed E-state index contributed by atoms with van der Waals surface area (Å²) in [7, 11) is 0. The number of nitrogens with zero attached hydrogens (tertiary/aromatic N) is 4. The van der Waals surface area contributed by atoms with Crippen LogP contribution in [0.4, 0.5) is 0 Å². The smallest absolute Gasteiger partial charge is 0.221 e. The monoisotopic (exact) mass is 397 g/mol. The minimum Gasteiger partial charge on any atom is -0.349 e. The molecule has 30 heavy (non-hydrogen) atoms. The summed E-state index contributed by atoms with van der Waals surface area (Å²) >= 11 is 0. The molecule has 0 fully saturated rings. The van der Waals surface area contributed by atoms with E-state index in [0.29, 0.717) is 12.2 Å². The number of tetrazole rings is 1. The highest BCUT2D eigenvalue weighted by Gasteiger charge is 2.18. The number of nitrogens with one attached hydrogen (secondary N) is 1. The van der Waals surface area contributed by atoms with Crippen LogP contribution in [-0.4, -0.2) is 26.1 Å². The van der Waals surface area contributed by atoms with E-state index >= 15 is 0 Å². The van der Waals surface area contributed by atoms with Crippen LogP contribution in [-0.2, 0) is 11.3 Å². The molecule has 0 atom stereocenters. The number of rotatable bonds is 7. The van der Waals surface area contributed by atoms with Crippen LogP contribution < -0.4 is 5.32 Å². The molecule has 1 heterocycles. The third-order valence-corrected chi connectivity index (χ3v) is 5.05. The molecule has 6 heteroatoms. The van der Waals surface area contributed by atoms with E-state index in [1.165, 1.54) is 0 Å². The van der Waals surface area contributed by atoms with Crippen molar-refractivity contribution < 1.29 is 4.79 Å². The van der Waals surface area contributed by atoms with Crippen molar-refractivity contribution in [3.63, 3.8) is 0 Å². The Morgan fingerprint density at radius 3 is 2.10 bits per heavy atom. The summed E-state index contributed by atoms with van der Waals surface area (Å²) in [6.07, 6.45) is 0.347. The second-order valence-corrected chi connectivity index (χ2v) is 7.20. The lowest BCUT2D eigenvalue weighted by Crippen LogP contribution is -2.26. The fraction of sp³-hybridized carbons (Fsp3) is 0.167. The number of aromatic nitrogens is 4. The maximum atomic E-state index is 12.8. The number of hydrogen-bond donors (Lipinski definition) is 1. The van der Waals surface area contributed by atoms with Crippen LogP contribution in [0.25, 0.3) is 5.69 Å². The summed E-state index contributed by atoms with van der Waals surface area (Å²) in [5.74, 6) is 0.523. The van der Waals surface area contributed by atoms with Crippen molar-refractivity contribution in [2.75, 3.05) is 0 Å². The van der Waals surface area contributed by atoms with Crippen LogP contribution in [0.2, 0.25) is 0 Å². The third-order valence-electron chi connectivity index (χ3n) is 5.05. The molecule has 0 radical (unpaired) electrons. The molecule has 1 N–H and O–H groups in total. The molecule has 0 aliphatic heterocycles. The third kappa shape index (κ3) is 4.60. The molecule has 0 spiro atoms. The largest absolute Gasteiger partial charge is 0.349 e. The van der Waals surface area contributed by atoms with E-state index in [4.69, 9.17) is 0 Å². The molecule has 0 aliphatic carbocycles. The quantitative estimate of drug-likeness (QED) is 0.515. The van der Waals surface area contributed by atoms with Crippen molar-refractivity contribution in [1.29, 1.82) is 0 Å². The van der Waals surface area contributed by atoms with Crippen LogP contribution >= 0.6 is 0 Å². The molecular formula is C24H23N5O. The fourth-order valence-corrected chi connectivity index (χ4v) is 3.44. The Balaban J connectivity index is 1.46. The average molecular weight is 397 g/mol. The molecule has 0 bridgehead atoms. The van der Waals surface area contributed by atoms with Crippen LogP contribution in [0.1, 0.15) is 34.9 Å². The fourth-order valence-electron chi connectivity index (χ4n) is 3.44. The molecule has 0 saturated heterocycles. The van der Waals surface area contributed by atoms with Gasteiger partial charge in [0.15, 0.2) is 5.82 Å². The topological polar surface area (TPSA) is 72.7 Å². The van der Waals surface area contributed by atoms with Gasteiger partial charge >= 0.3 is 0 Å². The van der Waals surface area contributed by atoms with Crippen LogP contribution in [0, 0.1) is 6.92 Å². The van der Waals surface area contributed by atoms with E-state index in [1.54, 1.807) is 4.68 Å². The van der Waals surface area contributed by atoms with Crippen molar-refractivity contribution in [2.45, 2.75) is 25.8 Å². The first-order valence-electron chi connectivity index (χ1n) is 9.91. The Bertz CT molecular complexity index is 1050. The van der Waals surface area contributed by atoms with Gasteiger partial charge in [-0.1, -0.05) is 78.4 Å². The predicted octanol–water partition coefficient (Wildman–Crippen LogP) is 3.81. The molecule has 150 valence electrons. The Kier molecular flexibility index (Phi) is 5.94. The van der Waals surface area contributed by atoms with Gasteiger partial charge in [-0.3, -0.25) is 4.79 Å². The summed E-state index contributed by atoms with van der Waals surface area (Å²) in [6.45, 7) is 2.29. The van der Waals surface area contributed by atoms with Crippen LogP contribution in [0.15, 0.2) is 84.9 Å². The normalized spacial score (nSPS) is 10.9. The van der Waals surface area contributed by atoms with E-state index in [0.717, 1.165) is 22.4 Å². The second kappa shape index (κ2) is 9.13. The lowest BCUT2D eigenvalue weighted by atomic mass is 9.88. The Labute approximate surface area is 175 Å². The van der Waals surface area contributed by atoms with Gasteiger partial charge in [0, 0.05) is 12.3 Å². The second-order valence-electron chi connectivity index (χ2n) is 7.20. The van der Waals surface area contributed by atoms with Crippen molar-refractivity contribution >= 4 is 5.91 Å². The average Bonchev–Trinajstić information content (AvgIpc) is 3.26. The van der Waals surface area contributed by atoms with Gasteiger partial charge in [0.05, 0.1) is 12.2 Å². The van der Waals surface area contributed by atoms with E-state index < -0.39 is 0 Å². The molecule has 0 aliphatic rings. The molecule has 1 amide bonds. The van der Waals surface area contributed by atoms with E-state index in [1.807, 2.05) is 67.6 Å². The Morgan fingerprint density at radius 2 is 1.50 bits per heavy atom. The number of carbonyl (C=O) groups excluding carboxylic acids is 1. The van der Waals surface area contributed by atoms with Gasteiger partial charge in [-0.15, -0.1) is 5.10 Å². The highest BCUT2D eigenvalue weighted by atomic mass is 16.1. The number of carbonyl (C=O) groups is 1. The maximum absolute atomic E-state index is 12.8. The summed E-state index contributed by atoms with van der Waals surface area (Å²) in [4.78, 5) is 12.8. The SMILES string of the molecule is Cc1ccc(-n2nnnc2CNC(=O)CC(c2ccccc2)c2ccccc2)cc1. The number of aryl methyl sites for hydroxylation is 1. The summed E-state index contributed by atoms with van der Waals surface area (Å²) in [5.41, 5.74) is 4.25. The molecule has 3 aromatic carbocycles. The van der Waals surface area contributed by atoms with E-state index in [2.05, 4.69) is 45.1 Å². The minimum atomic E-state index is -0.0498. The van der Waals surface area contributed by atoms with Gasteiger partial charge in [-0.2, -0.15) is 4.68 Å². The first-order chi connectivity index (χ1) is 14.7. The van der Waals surface area contributed by atoms with Crippen LogP contribution in [0.5, 0.6) is 0 Å². The number of amides is 1. The van der Waals surface area contributed by atoms with Gasteiger partial charge in [-0.05, 0) is 40.6 Å². The Hall–Kier alpha value is -3.80. The Morgan fingerprint density at radius 1 is 0.900 bits per heavy atom. The first-order valence-corrected chi connectivity index (χ1v) is 9.91. The highest BCUT2D eigenvalue weighted by Crippen LogP contribution is 2.27. The van der Waals surface area contributed by atoms with Gasteiger partial charge in [-0.25, -0.2) is 0 Å². The minimum absolute atomic E-state index is 0.0134. The highest BCUT2D eigenvalue weighted by molar-refractivity contribution is 5.77. The number of hydrogen-bond acceptors (Lipinski definition) is 4. The molecule has 6 nitrogen and oxygen atoms in total. The molecule has 0 saturated carbocycles. The molecular weight excluding hydrogens is 374 g/mol. The zero-order valence-electron chi connectivity index (χ0n) is 16.8. The van der Waals surface area contributed by atoms with Crippen LogP contribution in [0.3, 0.4) is 0 Å². The molecule has 1 aromatic heterocycles. The zero-order chi connectivity index (χ0) is 20.8. The zero-order valence-corrected chi connectivity index (χ0v) is 16.8. The standard InChI is InChI=1S/C24H23N5O/c1-18-12-14-21(15-13-18)29-23(26-27-28-29)17-25-24(30)16-22(19-8-4-2-5-9-19)20-10-6-3-7-11-20/h2-15,22H,16-17H2,1H3,(H,25,30). The lowest BCUT2D eigenvalue weighted by molar-refractivity contribution is -0.121. The predicted molar refractivity (Wildman–Crippen MR) is 115 cm³/mol. The number of benzene rings is 3. The summed E-state index contributed by atoms with van der Waals surface area (Å²) < 4.78 is 1.64. The maximum Gasteiger partial charge on any atom is 0.221 e. The molecule has 4 rings (SSSR count). The van der Waals surface area contributed by atoms with Crippen molar-refractivity contribution in [3.8, 4) is 5.69 Å². The summed E-state index contributed by atoms with van der Waals surface area (Å²) in [6, 6.07) is 28.1. The van der Waals surface area contributed by atoms with Gasteiger partial charge in [0.25, 0.3) is 0 Å². The molecule has 4 aromatic rings. The lowest BCUT2D eigenvalue weighted by Gasteiger charge is -2.18.